The molecule has 2 aromatic carbocycles. The number of aromatic nitrogens is 2. The van der Waals surface area contributed by atoms with Crippen LogP contribution >= 0.6 is 0 Å². The number of carbonyl (C=O) groups excluding carboxylic acids is 1. The number of nitrogens with zero attached hydrogens (tertiary/aromatic N) is 3. The molecule has 1 aromatic heterocycles. The second-order valence-corrected chi connectivity index (χ2v) is 7.51. The topological polar surface area (TPSA) is 67.2 Å². The van der Waals surface area contributed by atoms with Crippen LogP contribution in [0.25, 0.3) is 5.69 Å². The lowest BCUT2D eigenvalue weighted by molar-refractivity contribution is -0.125. The summed E-state index contributed by atoms with van der Waals surface area (Å²) in [5.41, 5.74) is 0.576. The van der Waals surface area contributed by atoms with E-state index in [1.807, 2.05) is 4.90 Å². The molecule has 1 saturated heterocycles. The SMILES string of the molecule is O=C(NCc1ccccc1F)C1CCCN(c2ccc(=O)n(-c3ccc(F)cc3)n2)C1. The van der Waals surface area contributed by atoms with Crippen LogP contribution in [0.4, 0.5) is 14.6 Å². The summed E-state index contributed by atoms with van der Waals surface area (Å²) in [7, 11) is 0. The standard InChI is InChI=1S/C23H22F2N4O2/c24-18-7-9-19(10-8-18)29-22(30)12-11-21(27-29)28-13-3-5-17(15-28)23(31)26-14-16-4-1-2-6-20(16)25/h1-2,4,6-12,17H,3,5,13-15H2,(H,26,31). The zero-order valence-corrected chi connectivity index (χ0v) is 16.8. The summed E-state index contributed by atoms with van der Waals surface area (Å²) in [6, 6.07) is 14.9. The van der Waals surface area contributed by atoms with Gasteiger partial charge in [0.25, 0.3) is 5.56 Å². The van der Waals surface area contributed by atoms with Crippen molar-refractivity contribution in [3.8, 4) is 5.69 Å². The van der Waals surface area contributed by atoms with Crippen LogP contribution in [-0.4, -0.2) is 28.8 Å². The van der Waals surface area contributed by atoms with E-state index in [2.05, 4.69) is 10.4 Å². The molecular weight excluding hydrogens is 402 g/mol. The first-order chi connectivity index (χ1) is 15.0. The summed E-state index contributed by atoms with van der Waals surface area (Å²) in [4.78, 5) is 26.9. The third kappa shape index (κ3) is 4.79. The van der Waals surface area contributed by atoms with Crippen LogP contribution in [0.2, 0.25) is 0 Å². The van der Waals surface area contributed by atoms with Crippen LogP contribution in [0.1, 0.15) is 18.4 Å². The summed E-state index contributed by atoms with van der Waals surface area (Å²) in [5, 5.41) is 7.24. The summed E-state index contributed by atoms with van der Waals surface area (Å²) in [6.07, 6.45) is 1.51. The minimum atomic E-state index is -0.395. The highest BCUT2D eigenvalue weighted by atomic mass is 19.1. The van der Waals surface area contributed by atoms with Gasteiger partial charge in [0.1, 0.15) is 17.5 Å². The summed E-state index contributed by atoms with van der Waals surface area (Å²) >= 11 is 0. The zero-order chi connectivity index (χ0) is 21.8. The minimum absolute atomic E-state index is 0.135. The van der Waals surface area contributed by atoms with Crippen molar-refractivity contribution in [2.45, 2.75) is 19.4 Å². The number of hydrogen-bond donors (Lipinski definition) is 1. The predicted octanol–water partition coefficient (Wildman–Crippen LogP) is 3.04. The fourth-order valence-electron chi connectivity index (χ4n) is 3.71. The van der Waals surface area contributed by atoms with Crippen molar-refractivity contribution in [2.24, 2.45) is 5.92 Å². The first-order valence-corrected chi connectivity index (χ1v) is 10.1. The Balaban J connectivity index is 1.46. The quantitative estimate of drug-likeness (QED) is 0.684. The second kappa shape index (κ2) is 9.07. The number of amides is 1. The molecule has 0 bridgehead atoms. The molecule has 0 spiro atoms. The highest BCUT2D eigenvalue weighted by Crippen LogP contribution is 2.22. The number of carbonyl (C=O) groups is 1. The number of hydrogen-bond acceptors (Lipinski definition) is 4. The number of benzene rings is 2. The Bertz CT molecular complexity index is 1130. The van der Waals surface area contributed by atoms with E-state index in [9.17, 15) is 18.4 Å². The average Bonchev–Trinajstić information content (AvgIpc) is 2.79. The van der Waals surface area contributed by atoms with E-state index in [0.717, 1.165) is 12.8 Å². The lowest BCUT2D eigenvalue weighted by Crippen LogP contribution is -2.43. The molecule has 2 heterocycles. The van der Waals surface area contributed by atoms with Crippen molar-refractivity contribution in [1.29, 1.82) is 0 Å². The highest BCUT2D eigenvalue weighted by Gasteiger charge is 2.27. The van der Waals surface area contributed by atoms with Crippen molar-refractivity contribution in [2.75, 3.05) is 18.0 Å². The van der Waals surface area contributed by atoms with Crippen molar-refractivity contribution < 1.29 is 13.6 Å². The lowest BCUT2D eigenvalue weighted by Gasteiger charge is -2.33. The fourth-order valence-corrected chi connectivity index (χ4v) is 3.71. The van der Waals surface area contributed by atoms with Crippen LogP contribution in [0.15, 0.2) is 65.5 Å². The number of anilines is 1. The molecule has 4 rings (SSSR count). The Morgan fingerprint density at radius 1 is 1.06 bits per heavy atom. The van der Waals surface area contributed by atoms with Crippen molar-refractivity contribution in [1.82, 2.24) is 15.1 Å². The van der Waals surface area contributed by atoms with Gasteiger partial charge in [-0.15, -0.1) is 5.10 Å². The Morgan fingerprint density at radius 2 is 1.84 bits per heavy atom. The van der Waals surface area contributed by atoms with E-state index in [1.165, 1.54) is 41.1 Å². The second-order valence-electron chi connectivity index (χ2n) is 7.51. The number of halogens is 2. The molecule has 31 heavy (non-hydrogen) atoms. The van der Waals surface area contributed by atoms with E-state index < -0.39 is 5.82 Å². The maximum atomic E-state index is 13.8. The molecule has 3 aromatic rings. The first-order valence-electron chi connectivity index (χ1n) is 10.1. The smallest absolute Gasteiger partial charge is 0.271 e. The minimum Gasteiger partial charge on any atom is -0.354 e. The summed E-state index contributed by atoms with van der Waals surface area (Å²) < 4.78 is 28.2. The third-order valence-electron chi connectivity index (χ3n) is 5.38. The molecule has 1 amide bonds. The van der Waals surface area contributed by atoms with Gasteiger partial charge in [0.15, 0.2) is 0 Å². The molecule has 0 saturated carbocycles. The Labute approximate surface area is 178 Å². The molecular formula is C23H22F2N4O2. The van der Waals surface area contributed by atoms with Crippen molar-refractivity contribution in [3.05, 3.63) is 88.2 Å². The predicted molar refractivity (Wildman–Crippen MR) is 113 cm³/mol. The number of piperidine rings is 1. The fraction of sp³-hybridized carbons (Fsp3) is 0.261. The van der Waals surface area contributed by atoms with Gasteiger partial charge in [0, 0.05) is 31.3 Å². The van der Waals surface area contributed by atoms with Gasteiger partial charge in [-0.25, -0.2) is 8.78 Å². The molecule has 8 heteroatoms. The molecule has 1 aliphatic heterocycles. The van der Waals surface area contributed by atoms with E-state index in [-0.39, 0.29) is 29.7 Å². The lowest BCUT2D eigenvalue weighted by atomic mass is 9.97. The van der Waals surface area contributed by atoms with Crippen LogP contribution in [0, 0.1) is 17.6 Å². The van der Waals surface area contributed by atoms with Crippen LogP contribution in [-0.2, 0) is 11.3 Å². The molecule has 160 valence electrons. The maximum Gasteiger partial charge on any atom is 0.271 e. The van der Waals surface area contributed by atoms with Crippen molar-refractivity contribution >= 4 is 11.7 Å². The monoisotopic (exact) mass is 424 g/mol. The zero-order valence-electron chi connectivity index (χ0n) is 16.8. The summed E-state index contributed by atoms with van der Waals surface area (Å²) in [5.74, 6) is -0.586. The van der Waals surface area contributed by atoms with Gasteiger partial charge in [-0.1, -0.05) is 18.2 Å². The molecule has 1 fully saturated rings. The van der Waals surface area contributed by atoms with E-state index in [1.54, 1.807) is 24.3 Å². The van der Waals surface area contributed by atoms with Gasteiger partial charge in [0.05, 0.1) is 11.6 Å². The molecule has 1 aliphatic rings. The number of rotatable bonds is 5. The maximum absolute atomic E-state index is 13.8. The van der Waals surface area contributed by atoms with Crippen LogP contribution in [0.5, 0.6) is 0 Å². The number of nitrogens with one attached hydrogen (secondary N) is 1. The molecule has 0 radical (unpaired) electrons. The molecule has 0 aliphatic carbocycles. The normalized spacial score (nSPS) is 16.2. The Morgan fingerprint density at radius 3 is 2.61 bits per heavy atom. The van der Waals surface area contributed by atoms with Gasteiger partial charge in [0.2, 0.25) is 5.91 Å². The van der Waals surface area contributed by atoms with Gasteiger partial charge in [-0.2, -0.15) is 4.68 Å². The van der Waals surface area contributed by atoms with Gasteiger partial charge in [-0.3, -0.25) is 9.59 Å². The Kier molecular flexibility index (Phi) is 6.06. The van der Waals surface area contributed by atoms with Gasteiger partial charge in [-0.05, 0) is 49.2 Å². The third-order valence-corrected chi connectivity index (χ3v) is 5.38. The first kappa shape index (κ1) is 20.7. The van der Waals surface area contributed by atoms with Gasteiger partial charge < -0.3 is 10.2 Å². The Hall–Kier alpha value is -3.55. The van der Waals surface area contributed by atoms with E-state index >= 15 is 0 Å². The van der Waals surface area contributed by atoms with Crippen LogP contribution < -0.4 is 15.8 Å². The van der Waals surface area contributed by atoms with Crippen molar-refractivity contribution in [3.63, 3.8) is 0 Å². The van der Waals surface area contributed by atoms with E-state index in [4.69, 9.17) is 0 Å². The molecule has 6 nitrogen and oxygen atoms in total. The summed E-state index contributed by atoms with van der Waals surface area (Å²) in [6.45, 7) is 1.28. The highest BCUT2D eigenvalue weighted by molar-refractivity contribution is 5.79. The van der Waals surface area contributed by atoms with Crippen LogP contribution in [0.3, 0.4) is 0 Å². The van der Waals surface area contributed by atoms with E-state index in [0.29, 0.717) is 30.2 Å². The average molecular weight is 424 g/mol. The molecule has 1 atom stereocenters. The van der Waals surface area contributed by atoms with Gasteiger partial charge >= 0.3 is 0 Å². The largest absolute Gasteiger partial charge is 0.354 e. The molecule has 1 unspecified atom stereocenters. The molecule has 1 N–H and O–H groups in total.